The van der Waals surface area contributed by atoms with Crippen LogP contribution >= 0.6 is 0 Å². The molecule has 0 aliphatic rings. The van der Waals surface area contributed by atoms with E-state index in [1.165, 1.54) is 0 Å². The smallest absolute Gasteiger partial charge is 0.206 e. The zero-order valence-electron chi connectivity index (χ0n) is 12.5. The fraction of sp³-hybridized carbons (Fsp3) is 0. The van der Waals surface area contributed by atoms with Gasteiger partial charge in [0.2, 0.25) is 9.84 Å². The average molecular weight is 326 g/mol. The van der Waals surface area contributed by atoms with E-state index in [1.54, 1.807) is 84.9 Å². The molecular formula is C18H18N2O2S. The van der Waals surface area contributed by atoms with Crippen LogP contribution in [0.25, 0.3) is 0 Å². The SMILES string of the molecule is Nc1ccc(N)cc1.O=S(=O)(c1ccccc1)c1ccccc1. The third kappa shape index (κ3) is 4.59. The number of anilines is 2. The fourth-order valence-electron chi connectivity index (χ4n) is 1.83. The highest BCUT2D eigenvalue weighted by Crippen LogP contribution is 2.19. The van der Waals surface area contributed by atoms with E-state index in [4.69, 9.17) is 11.5 Å². The van der Waals surface area contributed by atoms with Gasteiger partial charge in [-0.1, -0.05) is 36.4 Å². The Labute approximate surface area is 136 Å². The normalized spacial score (nSPS) is 10.4. The second-order valence-electron chi connectivity index (χ2n) is 4.80. The van der Waals surface area contributed by atoms with Gasteiger partial charge in [0.15, 0.2) is 0 Å². The van der Waals surface area contributed by atoms with Crippen LogP contribution in [0.4, 0.5) is 11.4 Å². The first kappa shape index (κ1) is 16.6. The van der Waals surface area contributed by atoms with Crippen LogP contribution in [0.15, 0.2) is 94.7 Å². The summed E-state index contributed by atoms with van der Waals surface area (Å²) in [7, 11) is -3.34. The maximum absolute atomic E-state index is 12.0. The maximum Gasteiger partial charge on any atom is 0.206 e. The first-order valence-electron chi connectivity index (χ1n) is 6.96. The van der Waals surface area contributed by atoms with E-state index < -0.39 is 9.84 Å². The second-order valence-corrected chi connectivity index (χ2v) is 6.75. The molecule has 5 heteroatoms. The van der Waals surface area contributed by atoms with E-state index in [0.717, 1.165) is 11.4 Å². The zero-order chi connectivity index (χ0) is 16.7. The monoisotopic (exact) mass is 326 g/mol. The predicted octanol–water partition coefficient (Wildman–Crippen LogP) is 3.37. The highest BCUT2D eigenvalue weighted by atomic mass is 32.2. The number of nitrogens with two attached hydrogens (primary N) is 2. The van der Waals surface area contributed by atoms with Crippen LogP contribution in [0.5, 0.6) is 0 Å². The molecule has 0 bridgehead atoms. The van der Waals surface area contributed by atoms with E-state index >= 15 is 0 Å². The van der Waals surface area contributed by atoms with Crippen molar-refractivity contribution in [1.82, 2.24) is 0 Å². The van der Waals surface area contributed by atoms with Gasteiger partial charge in [-0.2, -0.15) is 0 Å². The van der Waals surface area contributed by atoms with Gasteiger partial charge in [0.05, 0.1) is 9.79 Å². The number of nitrogen functional groups attached to an aromatic ring is 2. The highest BCUT2D eigenvalue weighted by Gasteiger charge is 2.15. The number of hydrogen-bond acceptors (Lipinski definition) is 4. The molecule has 118 valence electrons. The molecular weight excluding hydrogens is 308 g/mol. The number of hydrogen-bond donors (Lipinski definition) is 2. The van der Waals surface area contributed by atoms with Crippen LogP contribution in [0.2, 0.25) is 0 Å². The Morgan fingerprint density at radius 2 is 0.826 bits per heavy atom. The van der Waals surface area contributed by atoms with Gasteiger partial charge < -0.3 is 11.5 Å². The van der Waals surface area contributed by atoms with E-state index in [0.29, 0.717) is 9.79 Å². The minimum absolute atomic E-state index is 0.330. The third-order valence-electron chi connectivity index (χ3n) is 3.04. The summed E-state index contributed by atoms with van der Waals surface area (Å²) >= 11 is 0. The Hall–Kier alpha value is -2.79. The van der Waals surface area contributed by atoms with E-state index in [-0.39, 0.29) is 0 Å². The Bertz CT molecular complexity index is 765. The minimum atomic E-state index is -3.34. The number of sulfone groups is 1. The standard InChI is InChI=1S/C12H10O2S.C6H8N2/c13-15(14,11-7-3-1-4-8-11)12-9-5-2-6-10-12;7-5-1-2-6(8)4-3-5/h1-10H;1-4H,7-8H2. The molecule has 3 aromatic rings. The summed E-state index contributed by atoms with van der Waals surface area (Å²) in [5.41, 5.74) is 12.2. The summed E-state index contributed by atoms with van der Waals surface area (Å²) in [5.74, 6) is 0. The van der Waals surface area contributed by atoms with Crippen LogP contribution in [0.1, 0.15) is 0 Å². The van der Waals surface area contributed by atoms with Crippen molar-refractivity contribution in [2.45, 2.75) is 9.79 Å². The molecule has 0 radical (unpaired) electrons. The van der Waals surface area contributed by atoms with Crippen LogP contribution in [-0.2, 0) is 9.84 Å². The Balaban J connectivity index is 0.000000203. The van der Waals surface area contributed by atoms with Crippen molar-refractivity contribution >= 4 is 21.2 Å². The summed E-state index contributed by atoms with van der Waals surface area (Å²) in [4.78, 5) is 0.660. The minimum Gasteiger partial charge on any atom is -0.399 e. The molecule has 0 unspecified atom stereocenters. The Morgan fingerprint density at radius 1 is 0.522 bits per heavy atom. The molecule has 0 aromatic heterocycles. The quantitative estimate of drug-likeness (QED) is 0.707. The molecule has 0 aliphatic heterocycles. The lowest BCUT2D eigenvalue weighted by molar-refractivity contribution is 0.596. The van der Waals surface area contributed by atoms with Crippen LogP contribution in [-0.4, -0.2) is 8.42 Å². The molecule has 0 heterocycles. The molecule has 4 nitrogen and oxygen atoms in total. The van der Waals surface area contributed by atoms with Gasteiger partial charge in [-0.15, -0.1) is 0 Å². The number of benzene rings is 3. The molecule has 3 rings (SSSR count). The molecule has 0 saturated heterocycles. The van der Waals surface area contributed by atoms with Gasteiger partial charge in [-0.25, -0.2) is 8.42 Å². The maximum atomic E-state index is 12.0. The molecule has 0 amide bonds. The van der Waals surface area contributed by atoms with Crippen molar-refractivity contribution in [3.8, 4) is 0 Å². The fourth-order valence-corrected chi connectivity index (χ4v) is 3.13. The lowest BCUT2D eigenvalue weighted by atomic mass is 10.3. The molecule has 0 spiro atoms. The first-order chi connectivity index (χ1) is 11.0. The molecule has 23 heavy (non-hydrogen) atoms. The van der Waals surface area contributed by atoms with Crippen LogP contribution in [0, 0.1) is 0 Å². The third-order valence-corrected chi connectivity index (χ3v) is 4.83. The van der Waals surface area contributed by atoms with Gasteiger partial charge in [-0.05, 0) is 48.5 Å². The number of rotatable bonds is 2. The van der Waals surface area contributed by atoms with Gasteiger partial charge in [0.25, 0.3) is 0 Å². The Morgan fingerprint density at radius 3 is 1.13 bits per heavy atom. The first-order valence-corrected chi connectivity index (χ1v) is 8.44. The molecule has 0 saturated carbocycles. The van der Waals surface area contributed by atoms with Crippen molar-refractivity contribution in [1.29, 1.82) is 0 Å². The van der Waals surface area contributed by atoms with Crippen molar-refractivity contribution < 1.29 is 8.42 Å². The summed E-state index contributed by atoms with van der Waals surface area (Å²) in [6, 6.07) is 24.0. The van der Waals surface area contributed by atoms with E-state index in [9.17, 15) is 8.42 Å². The van der Waals surface area contributed by atoms with Crippen LogP contribution < -0.4 is 11.5 Å². The van der Waals surface area contributed by atoms with E-state index in [2.05, 4.69) is 0 Å². The van der Waals surface area contributed by atoms with Crippen molar-refractivity contribution in [2.75, 3.05) is 11.5 Å². The summed E-state index contributed by atoms with van der Waals surface area (Å²) in [5, 5.41) is 0. The van der Waals surface area contributed by atoms with Gasteiger partial charge in [-0.3, -0.25) is 0 Å². The largest absolute Gasteiger partial charge is 0.399 e. The lowest BCUT2D eigenvalue weighted by Crippen LogP contribution is -2.00. The summed E-state index contributed by atoms with van der Waals surface area (Å²) in [6.07, 6.45) is 0. The van der Waals surface area contributed by atoms with Crippen molar-refractivity contribution in [3.63, 3.8) is 0 Å². The zero-order valence-corrected chi connectivity index (χ0v) is 13.3. The average Bonchev–Trinajstić information content (AvgIpc) is 2.60. The molecule has 0 aliphatic carbocycles. The van der Waals surface area contributed by atoms with Gasteiger partial charge in [0, 0.05) is 11.4 Å². The highest BCUT2D eigenvalue weighted by molar-refractivity contribution is 7.91. The van der Waals surface area contributed by atoms with Gasteiger partial charge in [0.1, 0.15) is 0 Å². The Kier molecular flexibility index (Phi) is 5.38. The second kappa shape index (κ2) is 7.47. The molecule has 3 aromatic carbocycles. The van der Waals surface area contributed by atoms with Gasteiger partial charge >= 0.3 is 0 Å². The van der Waals surface area contributed by atoms with Crippen molar-refractivity contribution in [3.05, 3.63) is 84.9 Å². The lowest BCUT2D eigenvalue weighted by Gasteiger charge is -2.03. The van der Waals surface area contributed by atoms with E-state index in [1.807, 2.05) is 0 Å². The van der Waals surface area contributed by atoms with Crippen molar-refractivity contribution in [2.24, 2.45) is 0 Å². The topological polar surface area (TPSA) is 86.2 Å². The van der Waals surface area contributed by atoms with Crippen LogP contribution in [0.3, 0.4) is 0 Å². The molecule has 0 fully saturated rings. The predicted molar refractivity (Wildman–Crippen MR) is 93.6 cm³/mol. The summed E-state index contributed by atoms with van der Waals surface area (Å²) in [6.45, 7) is 0. The molecule has 0 atom stereocenters. The molecule has 4 N–H and O–H groups in total. The summed E-state index contributed by atoms with van der Waals surface area (Å²) < 4.78 is 24.1.